The molecule has 1 saturated heterocycles. The summed E-state index contributed by atoms with van der Waals surface area (Å²) in [6, 6.07) is 10.0. The number of hydrogen-bond acceptors (Lipinski definition) is 3. The highest BCUT2D eigenvalue weighted by molar-refractivity contribution is 5.22. The van der Waals surface area contributed by atoms with E-state index in [1.54, 1.807) is 6.20 Å². The molecule has 0 bridgehead atoms. The summed E-state index contributed by atoms with van der Waals surface area (Å²) in [7, 11) is 0. The Morgan fingerprint density at radius 3 is 2.59 bits per heavy atom. The minimum absolute atomic E-state index is 0.601. The first-order valence-corrected chi connectivity index (χ1v) is 5.71. The van der Waals surface area contributed by atoms with Crippen molar-refractivity contribution in [1.29, 1.82) is 0 Å². The van der Waals surface area contributed by atoms with Gasteiger partial charge in [-0.25, -0.2) is 4.98 Å². The summed E-state index contributed by atoms with van der Waals surface area (Å²) in [5.74, 6) is 0.190. The van der Waals surface area contributed by atoms with Crippen molar-refractivity contribution in [2.75, 3.05) is 13.2 Å². The number of rotatable bonds is 3. The highest BCUT2D eigenvalue weighted by Gasteiger charge is 2.39. The topological polar surface area (TPSA) is 47.1 Å². The fourth-order valence-corrected chi connectivity index (χ4v) is 2.13. The molecule has 1 aliphatic heterocycles. The van der Waals surface area contributed by atoms with Gasteiger partial charge in [-0.15, -0.1) is 0 Å². The minimum Gasteiger partial charge on any atom is -0.348 e. The molecule has 1 aromatic carbocycles. The lowest BCUT2D eigenvalue weighted by Crippen LogP contribution is -2.30. The fraction of sp³-hybridized carbons (Fsp3) is 0.308. The number of aromatic nitrogens is 2. The smallest absolute Gasteiger partial charge is 0.202 e. The first kappa shape index (κ1) is 10.5. The maximum absolute atomic E-state index is 5.82. The third-order valence-electron chi connectivity index (χ3n) is 2.92. The molecular formula is C13H14N2O2. The van der Waals surface area contributed by atoms with Gasteiger partial charge in [-0.2, -0.15) is 0 Å². The van der Waals surface area contributed by atoms with Gasteiger partial charge in [0.15, 0.2) is 0 Å². The van der Waals surface area contributed by atoms with E-state index in [0.717, 1.165) is 11.4 Å². The zero-order valence-electron chi connectivity index (χ0n) is 9.43. The van der Waals surface area contributed by atoms with Crippen molar-refractivity contribution < 1.29 is 9.47 Å². The summed E-state index contributed by atoms with van der Waals surface area (Å²) in [6.45, 7) is 1.24. The van der Waals surface area contributed by atoms with Crippen LogP contribution in [-0.2, 0) is 21.7 Å². The van der Waals surface area contributed by atoms with Crippen LogP contribution in [0.5, 0.6) is 0 Å². The average Bonchev–Trinajstić information content (AvgIpc) is 3.03. The lowest BCUT2D eigenvalue weighted by Gasteiger charge is -2.26. The quantitative estimate of drug-likeness (QED) is 0.875. The molecule has 1 aromatic heterocycles. The molecular weight excluding hydrogens is 216 g/mol. The second-order valence-corrected chi connectivity index (χ2v) is 4.03. The summed E-state index contributed by atoms with van der Waals surface area (Å²) < 4.78 is 11.6. The first-order chi connectivity index (χ1) is 8.39. The number of nitrogens with one attached hydrogen (secondary N) is 1. The Hall–Kier alpha value is -1.65. The van der Waals surface area contributed by atoms with Gasteiger partial charge >= 0.3 is 0 Å². The number of H-pyrrole nitrogens is 1. The molecule has 2 heterocycles. The number of nitrogens with zero attached hydrogens (tertiary/aromatic N) is 1. The van der Waals surface area contributed by atoms with Crippen LogP contribution in [0.25, 0.3) is 0 Å². The molecule has 1 N–H and O–H groups in total. The maximum atomic E-state index is 5.82. The first-order valence-electron chi connectivity index (χ1n) is 5.71. The molecule has 3 rings (SSSR count). The van der Waals surface area contributed by atoms with Crippen LogP contribution in [0.2, 0.25) is 0 Å². The second kappa shape index (κ2) is 4.31. The number of imidazole rings is 1. The van der Waals surface area contributed by atoms with Gasteiger partial charge in [-0.1, -0.05) is 30.3 Å². The van der Waals surface area contributed by atoms with Gasteiger partial charge in [-0.05, 0) is 0 Å². The van der Waals surface area contributed by atoms with E-state index in [9.17, 15) is 0 Å². The predicted octanol–water partition coefficient (Wildman–Crippen LogP) is 1.85. The highest BCUT2D eigenvalue weighted by atomic mass is 16.7. The largest absolute Gasteiger partial charge is 0.348 e. The number of hydrogen-bond donors (Lipinski definition) is 1. The Morgan fingerprint density at radius 2 is 1.94 bits per heavy atom. The molecule has 0 unspecified atom stereocenters. The van der Waals surface area contributed by atoms with E-state index in [1.807, 2.05) is 36.5 Å². The Morgan fingerprint density at radius 1 is 1.18 bits per heavy atom. The molecule has 1 fully saturated rings. The molecule has 17 heavy (non-hydrogen) atoms. The summed E-state index contributed by atoms with van der Waals surface area (Å²) >= 11 is 0. The fourth-order valence-electron chi connectivity index (χ4n) is 2.13. The van der Waals surface area contributed by atoms with E-state index >= 15 is 0 Å². The lowest BCUT2D eigenvalue weighted by atomic mass is 10.0. The summed E-state index contributed by atoms with van der Waals surface area (Å²) in [5, 5.41) is 0. The molecule has 4 heteroatoms. The Labute approximate surface area is 99.6 Å². The third kappa shape index (κ3) is 1.97. The molecule has 2 aromatic rings. The van der Waals surface area contributed by atoms with Crippen molar-refractivity contribution in [3.63, 3.8) is 0 Å². The normalized spacial score (nSPS) is 18.4. The molecule has 0 amide bonds. The van der Waals surface area contributed by atoms with Crippen LogP contribution in [-0.4, -0.2) is 23.2 Å². The molecule has 0 aliphatic carbocycles. The van der Waals surface area contributed by atoms with Crippen molar-refractivity contribution in [2.24, 2.45) is 0 Å². The predicted molar refractivity (Wildman–Crippen MR) is 62.3 cm³/mol. The number of aromatic amines is 1. The molecule has 88 valence electrons. The second-order valence-electron chi connectivity index (χ2n) is 4.03. The van der Waals surface area contributed by atoms with Gasteiger partial charge in [0, 0.05) is 18.0 Å². The van der Waals surface area contributed by atoms with Crippen molar-refractivity contribution in [3.8, 4) is 0 Å². The van der Waals surface area contributed by atoms with E-state index in [0.29, 0.717) is 19.6 Å². The van der Waals surface area contributed by atoms with Gasteiger partial charge in [-0.3, -0.25) is 0 Å². The standard InChI is InChI=1S/C13H14N2O2/c1-2-4-11(5-3-1)13(16-8-9-17-13)10-12-14-6-7-15-12/h1-7H,8-10H2,(H,14,15). The lowest BCUT2D eigenvalue weighted by molar-refractivity contribution is -0.165. The molecule has 0 saturated carbocycles. The summed E-state index contributed by atoms with van der Waals surface area (Å²) in [4.78, 5) is 7.32. The van der Waals surface area contributed by atoms with Crippen molar-refractivity contribution >= 4 is 0 Å². The Balaban J connectivity index is 1.93. The van der Waals surface area contributed by atoms with Gasteiger partial charge in [0.2, 0.25) is 5.79 Å². The Kier molecular flexibility index (Phi) is 2.66. The zero-order valence-corrected chi connectivity index (χ0v) is 9.43. The van der Waals surface area contributed by atoms with Crippen LogP contribution in [0.3, 0.4) is 0 Å². The number of benzene rings is 1. The van der Waals surface area contributed by atoms with E-state index in [1.165, 1.54) is 0 Å². The highest BCUT2D eigenvalue weighted by Crippen LogP contribution is 2.34. The van der Waals surface area contributed by atoms with Crippen LogP contribution in [0.1, 0.15) is 11.4 Å². The van der Waals surface area contributed by atoms with Crippen molar-refractivity contribution in [2.45, 2.75) is 12.2 Å². The van der Waals surface area contributed by atoms with Gasteiger partial charge in [0.1, 0.15) is 5.82 Å². The van der Waals surface area contributed by atoms with Gasteiger partial charge < -0.3 is 14.5 Å². The van der Waals surface area contributed by atoms with E-state index in [-0.39, 0.29) is 0 Å². The van der Waals surface area contributed by atoms with E-state index in [2.05, 4.69) is 9.97 Å². The van der Waals surface area contributed by atoms with Crippen LogP contribution < -0.4 is 0 Å². The molecule has 1 aliphatic rings. The number of ether oxygens (including phenoxy) is 2. The average molecular weight is 230 g/mol. The van der Waals surface area contributed by atoms with Gasteiger partial charge in [0.05, 0.1) is 19.6 Å². The SMILES string of the molecule is c1ccc(C2(Cc3ncc[nH]3)OCCO2)cc1. The van der Waals surface area contributed by atoms with E-state index < -0.39 is 5.79 Å². The van der Waals surface area contributed by atoms with Crippen LogP contribution in [0.15, 0.2) is 42.7 Å². The van der Waals surface area contributed by atoms with Crippen LogP contribution in [0.4, 0.5) is 0 Å². The minimum atomic E-state index is -0.681. The van der Waals surface area contributed by atoms with E-state index in [4.69, 9.17) is 9.47 Å². The van der Waals surface area contributed by atoms with Crippen LogP contribution in [0, 0.1) is 0 Å². The summed E-state index contributed by atoms with van der Waals surface area (Å²) in [5.41, 5.74) is 1.04. The monoisotopic (exact) mass is 230 g/mol. The van der Waals surface area contributed by atoms with Crippen molar-refractivity contribution in [1.82, 2.24) is 9.97 Å². The summed E-state index contributed by atoms with van der Waals surface area (Å²) in [6.07, 6.45) is 4.15. The van der Waals surface area contributed by atoms with Gasteiger partial charge in [0.25, 0.3) is 0 Å². The molecule has 0 radical (unpaired) electrons. The molecule has 0 atom stereocenters. The molecule has 4 nitrogen and oxygen atoms in total. The maximum Gasteiger partial charge on any atom is 0.202 e. The molecule has 0 spiro atoms. The van der Waals surface area contributed by atoms with Crippen molar-refractivity contribution in [3.05, 3.63) is 54.1 Å². The zero-order chi connectivity index (χ0) is 11.6. The van der Waals surface area contributed by atoms with Crippen LogP contribution >= 0.6 is 0 Å². The third-order valence-corrected chi connectivity index (χ3v) is 2.92. The Bertz CT molecular complexity index is 461.